The molecule has 0 aliphatic heterocycles. The summed E-state index contributed by atoms with van der Waals surface area (Å²) in [5.41, 5.74) is 1.22. The molecule has 0 amide bonds. The Hall–Kier alpha value is -1.51. The molecule has 0 unspecified atom stereocenters. The summed E-state index contributed by atoms with van der Waals surface area (Å²) in [4.78, 5) is 11.1. The molecule has 1 aromatic rings. The lowest BCUT2D eigenvalue weighted by atomic mass is 9.97. The molecule has 1 aliphatic rings. The molecular formula is C14H18O3. The molecule has 3 nitrogen and oxygen atoms in total. The summed E-state index contributed by atoms with van der Waals surface area (Å²) in [5.74, 6) is -0.408. The van der Waals surface area contributed by atoms with Crippen LogP contribution >= 0.6 is 0 Å². The number of aromatic carboxylic acids is 1. The van der Waals surface area contributed by atoms with Crippen LogP contribution < -0.4 is 4.74 Å². The Bertz CT molecular complexity index is 406. The second-order valence-corrected chi connectivity index (χ2v) is 4.68. The maximum atomic E-state index is 11.1. The molecular weight excluding hydrogens is 216 g/mol. The SMILES string of the molecule is Cc1ccc(OC2CCCCC2)c(C(=O)O)c1. The van der Waals surface area contributed by atoms with Crippen LogP contribution in [0.25, 0.3) is 0 Å². The summed E-state index contributed by atoms with van der Waals surface area (Å²) in [6.45, 7) is 1.89. The lowest BCUT2D eigenvalue weighted by molar-refractivity contribution is 0.0686. The second-order valence-electron chi connectivity index (χ2n) is 4.68. The van der Waals surface area contributed by atoms with Crippen molar-refractivity contribution >= 4 is 5.97 Å². The van der Waals surface area contributed by atoms with Crippen molar-refractivity contribution < 1.29 is 14.6 Å². The first-order valence-corrected chi connectivity index (χ1v) is 6.17. The Balaban J connectivity index is 2.16. The lowest BCUT2D eigenvalue weighted by Gasteiger charge is -2.23. The zero-order valence-corrected chi connectivity index (χ0v) is 10.1. The lowest BCUT2D eigenvalue weighted by Crippen LogP contribution is -2.20. The molecule has 3 heteroatoms. The number of ether oxygens (including phenoxy) is 1. The zero-order valence-electron chi connectivity index (χ0n) is 10.1. The number of hydrogen-bond donors (Lipinski definition) is 1. The number of rotatable bonds is 3. The molecule has 1 fully saturated rings. The van der Waals surface area contributed by atoms with Gasteiger partial charge in [0.05, 0.1) is 6.10 Å². The molecule has 1 aromatic carbocycles. The minimum absolute atomic E-state index is 0.185. The van der Waals surface area contributed by atoms with Crippen LogP contribution in [0.3, 0.4) is 0 Å². The third-order valence-corrected chi connectivity index (χ3v) is 3.21. The van der Waals surface area contributed by atoms with Gasteiger partial charge in [-0.25, -0.2) is 4.79 Å². The summed E-state index contributed by atoms with van der Waals surface area (Å²) < 4.78 is 5.82. The molecule has 0 radical (unpaired) electrons. The Morgan fingerprint density at radius 2 is 2.00 bits per heavy atom. The first kappa shape index (κ1) is 12.0. The molecule has 0 atom stereocenters. The smallest absolute Gasteiger partial charge is 0.339 e. The Labute approximate surface area is 101 Å². The normalized spacial score (nSPS) is 16.8. The highest BCUT2D eigenvalue weighted by atomic mass is 16.5. The van der Waals surface area contributed by atoms with Gasteiger partial charge in [-0.15, -0.1) is 0 Å². The summed E-state index contributed by atoms with van der Waals surface area (Å²) in [5, 5.41) is 9.14. The summed E-state index contributed by atoms with van der Waals surface area (Å²) in [6.07, 6.45) is 5.88. The topological polar surface area (TPSA) is 46.5 Å². The second kappa shape index (κ2) is 5.21. The van der Waals surface area contributed by atoms with Gasteiger partial charge in [-0.3, -0.25) is 0 Å². The monoisotopic (exact) mass is 234 g/mol. The Morgan fingerprint density at radius 3 is 2.65 bits per heavy atom. The largest absolute Gasteiger partial charge is 0.490 e. The van der Waals surface area contributed by atoms with E-state index in [1.54, 1.807) is 12.1 Å². The molecule has 0 spiro atoms. The van der Waals surface area contributed by atoms with Crippen LogP contribution in [0.1, 0.15) is 48.0 Å². The molecule has 0 bridgehead atoms. The van der Waals surface area contributed by atoms with Gasteiger partial charge in [0.2, 0.25) is 0 Å². The Morgan fingerprint density at radius 1 is 1.29 bits per heavy atom. The molecule has 1 N–H and O–H groups in total. The highest BCUT2D eigenvalue weighted by Crippen LogP contribution is 2.26. The fourth-order valence-electron chi connectivity index (χ4n) is 2.28. The van der Waals surface area contributed by atoms with E-state index in [2.05, 4.69) is 0 Å². The molecule has 17 heavy (non-hydrogen) atoms. The van der Waals surface area contributed by atoms with Gasteiger partial charge in [-0.1, -0.05) is 18.1 Å². The van der Waals surface area contributed by atoms with Crippen molar-refractivity contribution in [1.29, 1.82) is 0 Å². The van der Waals surface area contributed by atoms with Crippen molar-refractivity contribution in [2.75, 3.05) is 0 Å². The van der Waals surface area contributed by atoms with E-state index in [1.807, 2.05) is 13.0 Å². The first-order valence-electron chi connectivity index (χ1n) is 6.17. The van der Waals surface area contributed by atoms with Gasteiger partial charge in [-0.2, -0.15) is 0 Å². The van der Waals surface area contributed by atoms with Crippen molar-refractivity contribution in [3.63, 3.8) is 0 Å². The fourth-order valence-corrected chi connectivity index (χ4v) is 2.28. The van der Waals surface area contributed by atoms with Crippen molar-refractivity contribution in [3.05, 3.63) is 29.3 Å². The maximum Gasteiger partial charge on any atom is 0.339 e. The number of carbonyl (C=O) groups is 1. The van der Waals surface area contributed by atoms with Crippen molar-refractivity contribution in [2.24, 2.45) is 0 Å². The van der Waals surface area contributed by atoms with Gasteiger partial charge >= 0.3 is 5.97 Å². The fraction of sp³-hybridized carbons (Fsp3) is 0.500. The van der Waals surface area contributed by atoms with Crippen LogP contribution in [0.5, 0.6) is 5.75 Å². The molecule has 1 aliphatic carbocycles. The van der Waals surface area contributed by atoms with Gasteiger partial charge in [0.1, 0.15) is 11.3 Å². The minimum Gasteiger partial charge on any atom is -0.490 e. The highest BCUT2D eigenvalue weighted by Gasteiger charge is 2.18. The number of hydrogen-bond acceptors (Lipinski definition) is 2. The molecule has 0 saturated heterocycles. The van der Waals surface area contributed by atoms with Crippen molar-refractivity contribution in [3.8, 4) is 5.75 Å². The molecule has 92 valence electrons. The van der Waals surface area contributed by atoms with E-state index in [-0.39, 0.29) is 11.7 Å². The number of carboxylic acid groups (broad SMARTS) is 1. The Kier molecular flexibility index (Phi) is 3.67. The third-order valence-electron chi connectivity index (χ3n) is 3.21. The summed E-state index contributed by atoms with van der Waals surface area (Å²) in [7, 11) is 0. The predicted molar refractivity (Wildman–Crippen MR) is 65.6 cm³/mol. The average Bonchev–Trinajstić information content (AvgIpc) is 2.32. The van der Waals surface area contributed by atoms with Gasteiger partial charge < -0.3 is 9.84 Å². The molecule has 0 heterocycles. The van der Waals surface area contributed by atoms with Crippen LogP contribution in [-0.2, 0) is 0 Å². The van der Waals surface area contributed by atoms with Gasteiger partial charge in [0.25, 0.3) is 0 Å². The van der Waals surface area contributed by atoms with Crippen LogP contribution in [0.15, 0.2) is 18.2 Å². The average molecular weight is 234 g/mol. The van der Waals surface area contributed by atoms with Crippen LogP contribution in [0.4, 0.5) is 0 Å². The standard InChI is InChI=1S/C14H18O3/c1-10-7-8-13(12(9-10)14(15)16)17-11-5-3-2-4-6-11/h7-9,11H,2-6H2,1H3,(H,15,16). The van der Waals surface area contributed by atoms with Crippen molar-refractivity contribution in [2.45, 2.75) is 45.1 Å². The van der Waals surface area contributed by atoms with E-state index in [1.165, 1.54) is 19.3 Å². The number of benzene rings is 1. The van der Waals surface area contributed by atoms with Gasteiger partial charge in [0, 0.05) is 0 Å². The molecule has 1 saturated carbocycles. The van der Waals surface area contributed by atoms with E-state index in [0.717, 1.165) is 18.4 Å². The van der Waals surface area contributed by atoms with E-state index in [9.17, 15) is 4.79 Å². The van der Waals surface area contributed by atoms with Crippen molar-refractivity contribution in [1.82, 2.24) is 0 Å². The first-order chi connectivity index (χ1) is 8.16. The quantitative estimate of drug-likeness (QED) is 0.871. The van der Waals surface area contributed by atoms with Crippen LogP contribution in [-0.4, -0.2) is 17.2 Å². The van der Waals surface area contributed by atoms with Gasteiger partial charge in [-0.05, 0) is 44.7 Å². The van der Waals surface area contributed by atoms with E-state index < -0.39 is 5.97 Å². The summed E-state index contributed by atoms with van der Waals surface area (Å²) in [6, 6.07) is 5.33. The van der Waals surface area contributed by atoms with E-state index >= 15 is 0 Å². The maximum absolute atomic E-state index is 11.1. The predicted octanol–water partition coefficient (Wildman–Crippen LogP) is 3.40. The van der Waals surface area contributed by atoms with Crippen LogP contribution in [0, 0.1) is 6.92 Å². The van der Waals surface area contributed by atoms with E-state index in [4.69, 9.17) is 9.84 Å². The molecule has 0 aromatic heterocycles. The third kappa shape index (κ3) is 2.99. The highest BCUT2D eigenvalue weighted by molar-refractivity contribution is 5.91. The molecule has 2 rings (SSSR count). The minimum atomic E-state index is -0.917. The van der Waals surface area contributed by atoms with E-state index in [0.29, 0.717) is 5.75 Å². The zero-order chi connectivity index (χ0) is 12.3. The number of aryl methyl sites for hydroxylation is 1. The number of carboxylic acids is 1. The summed E-state index contributed by atoms with van der Waals surface area (Å²) >= 11 is 0. The van der Waals surface area contributed by atoms with Gasteiger partial charge in [0.15, 0.2) is 0 Å². The van der Waals surface area contributed by atoms with Crippen LogP contribution in [0.2, 0.25) is 0 Å².